The Labute approximate surface area is 381 Å². The fourth-order valence-electron chi connectivity index (χ4n) is 12.7. The van der Waals surface area contributed by atoms with E-state index in [4.69, 9.17) is 0 Å². The molecule has 0 spiro atoms. The SMILES string of the molecule is CC1(C)C2=C(CCC=C2)N(c2ccc3c(c2)-c2cc(/C=C/c4ccc5c(c4)C(C)(C)c4cc(N6c7ccccc7C(C)(C)c7ccccc76)ccc4-5)ccc2[Si]3(C)C)C2=C1C=CCC2. The minimum absolute atomic E-state index is 0.0162. The largest absolute Gasteiger partial charge is 0.317 e. The highest BCUT2D eigenvalue weighted by Gasteiger charge is 2.43. The Bertz CT molecular complexity index is 3090. The first-order chi connectivity index (χ1) is 30.8. The summed E-state index contributed by atoms with van der Waals surface area (Å²) in [5, 5.41) is 3.11. The lowest BCUT2D eigenvalue weighted by atomic mass is 9.69. The number of allylic oxidation sites excluding steroid dienone is 8. The molecule has 6 aliphatic rings. The van der Waals surface area contributed by atoms with Gasteiger partial charge in [-0.2, -0.15) is 0 Å². The third-order valence-corrected chi connectivity index (χ3v) is 19.7. The van der Waals surface area contributed by atoms with Crippen molar-refractivity contribution in [2.75, 3.05) is 9.80 Å². The molecule has 3 heteroatoms. The van der Waals surface area contributed by atoms with Gasteiger partial charge in [0, 0.05) is 39.0 Å². The Balaban J connectivity index is 0.875. The molecule has 12 rings (SSSR count). The number of hydrogen-bond donors (Lipinski definition) is 0. The van der Waals surface area contributed by atoms with E-state index in [0.29, 0.717) is 0 Å². The average molecular weight is 847 g/mol. The lowest BCUT2D eigenvalue weighted by Gasteiger charge is -2.46. The van der Waals surface area contributed by atoms with Crippen LogP contribution in [-0.2, 0) is 10.8 Å². The first kappa shape index (κ1) is 39.4. The van der Waals surface area contributed by atoms with Gasteiger partial charge in [-0.1, -0.05) is 170 Å². The monoisotopic (exact) mass is 846 g/mol. The van der Waals surface area contributed by atoms with Gasteiger partial charge in [0.2, 0.25) is 0 Å². The second kappa shape index (κ2) is 13.7. The first-order valence-corrected chi connectivity index (χ1v) is 26.6. The number of fused-ring (bicyclic) bond motifs is 8. The number of nitrogens with zero attached hydrogens (tertiary/aromatic N) is 2. The summed E-state index contributed by atoms with van der Waals surface area (Å²) >= 11 is 0. The maximum atomic E-state index is 2.67. The molecule has 0 atom stereocenters. The summed E-state index contributed by atoms with van der Waals surface area (Å²) in [6.07, 6.45) is 18.6. The molecule has 3 heterocycles. The van der Waals surface area contributed by atoms with Crippen LogP contribution in [0.4, 0.5) is 22.7 Å². The fourth-order valence-corrected chi connectivity index (χ4v) is 15.7. The smallest absolute Gasteiger partial charge is 0.113 e. The van der Waals surface area contributed by atoms with E-state index in [1.807, 2.05) is 0 Å². The molecule has 0 amide bonds. The molecule has 2 nitrogen and oxygen atoms in total. The molecule has 64 heavy (non-hydrogen) atoms. The molecular formula is C61H58N2Si. The van der Waals surface area contributed by atoms with Crippen molar-refractivity contribution in [1.29, 1.82) is 0 Å². The normalized spacial score (nSPS) is 19.8. The van der Waals surface area contributed by atoms with Gasteiger partial charge >= 0.3 is 0 Å². The number of benzene rings is 6. The van der Waals surface area contributed by atoms with Gasteiger partial charge in [0.05, 0.1) is 11.4 Å². The van der Waals surface area contributed by atoms with E-state index < -0.39 is 8.07 Å². The number of rotatable bonds is 4. The number of para-hydroxylation sites is 2. The summed E-state index contributed by atoms with van der Waals surface area (Å²) in [6, 6.07) is 46.9. The maximum absolute atomic E-state index is 2.67. The standard InChI is InChI=1S/C61H58N2Si/c1-59(2)47-17-9-13-21-53(47)62(54-22-14-10-18-48(54)59)41-30-34-58-46(37-41)45-35-39(28-33-57(45)64(58,7)8)25-26-40-27-31-43-44-32-29-42(38-52(44)61(5,6)51(43)36-40)63-55-23-15-11-19-49(55)60(3,4)50-20-12-16-24-56(50)63/h9-12,15-20,23-38H,13-14,21-22H2,1-8H3/b26-25+. The van der Waals surface area contributed by atoms with Gasteiger partial charge in [0.25, 0.3) is 0 Å². The van der Waals surface area contributed by atoms with Gasteiger partial charge < -0.3 is 9.80 Å². The topological polar surface area (TPSA) is 6.48 Å². The molecule has 0 unspecified atom stereocenters. The van der Waals surface area contributed by atoms with Crippen molar-refractivity contribution in [2.24, 2.45) is 5.41 Å². The third kappa shape index (κ3) is 5.49. The molecule has 0 fully saturated rings. The summed E-state index contributed by atoms with van der Waals surface area (Å²) in [6.45, 7) is 19.5. The number of anilines is 4. The Morgan fingerprint density at radius 3 is 1.58 bits per heavy atom. The van der Waals surface area contributed by atoms with Crippen molar-refractivity contribution >= 4 is 53.3 Å². The van der Waals surface area contributed by atoms with Crippen LogP contribution in [0.3, 0.4) is 0 Å². The second-order valence-electron chi connectivity index (χ2n) is 21.2. The molecule has 6 aromatic rings. The molecule has 0 bridgehead atoms. The molecule has 0 saturated carbocycles. The van der Waals surface area contributed by atoms with Crippen molar-refractivity contribution in [3.8, 4) is 22.3 Å². The second-order valence-corrected chi connectivity index (χ2v) is 25.5. The van der Waals surface area contributed by atoms with E-state index in [-0.39, 0.29) is 16.2 Å². The summed E-state index contributed by atoms with van der Waals surface area (Å²) < 4.78 is 0. The number of hydrogen-bond acceptors (Lipinski definition) is 2. The highest BCUT2D eigenvalue weighted by Crippen LogP contribution is 2.56. The quantitative estimate of drug-likeness (QED) is 0.129. The fraction of sp³-hybridized carbons (Fsp3) is 0.246. The molecule has 3 aliphatic carbocycles. The van der Waals surface area contributed by atoms with Crippen LogP contribution in [0.5, 0.6) is 0 Å². The molecule has 0 aromatic heterocycles. The first-order valence-electron chi connectivity index (χ1n) is 23.6. The maximum Gasteiger partial charge on any atom is 0.113 e. The molecule has 0 N–H and O–H groups in total. The lowest BCUT2D eigenvalue weighted by molar-refractivity contribution is 0.517. The highest BCUT2D eigenvalue weighted by atomic mass is 28.3. The van der Waals surface area contributed by atoms with E-state index in [2.05, 4.69) is 222 Å². The summed E-state index contributed by atoms with van der Waals surface area (Å²) in [4.78, 5) is 5.15. The van der Waals surface area contributed by atoms with Crippen molar-refractivity contribution in [3.63, 3.8) is 0 Å². The predicted octanol–water partition coefficient (Wildman–Crippen LogP) is 15.1. The van der Waals surface area contributed by atoms with Crippen LogP contribution in [0.25, 0.3) is 34.4 Å². The molecule has 0 radical (unpaired) electrons. The summed E-state index contributed by atoms with van der Waals surface area (Å²) in [7, 11) is -1.86. The van der Waals surface area contributed by atoms with Crippen LogP contribution in [-0.4, -0.2) is 8.07 Å². The van der Waals surface area contributed by atoms with E-state index >= 15 is 0 Å². The van der Waals surface area contributed by atoms with E-state index in [1.54, 1.807) is 10.4 Å². The molecule has 6 aromatic carbocycles. The summed E-state index contributed by atoms with van der Waals surface area (Å²) in [5.41, 5.74) is 24.3. The third-order valence-electron chi connectivity index (χ3n) is 16.2. The Kier molecular flexibility index (Phi) is 8.42. The van der Waals surface area contributed by atoms with Crippen LogP contribution < -0.4 is 20.2 Å². The predicted molar refractivity (Wildman–Crippen MR) is 275 cm³/mol. The van der Waals surface area contributed by atoms with Gasteiger partial charge in [0.1, 0.15) is 8.07 Å². The van der Waals surface area contributed by atoms with Gasteiger partial charge in [-0.15, -0.1) is 0 Å². The van der Waals surface area contributed by atoms with Crippen LogP contribution in [0.2, 0.25) is 13.1 Å². The Morgan fingerprint density at radius 1 is 0.453 bits per heavy atom. The van der Waals surface area contributed by atoms with Crippen molar-refractivity contribution in [1.82, 2.24) is 0 Å². The average Bonchev–Trinajstić information content (AvgIpc) is 3.66. The van der Waals surface area contributed by atoms with E-state index in [1.165, 1.54) is 101 Å². The molecular weight excluding hydrogens is 789 g/mol. The zero-order valence-corrected chi connectivity index (χ0v) is 39.7. The molecule has 316 valence electrons. The van der Waals surface area contributed by atoms with Gasteiger partial charge in [-0.05, 0) is 145 Å². The van der Waals surface area contributed by atoms with Crippen LogP contribution in [0, 0.1) is 5.41 Å². The highest BCUT2D eigenvalue weighted by molar-refractivity contribution is 7.03. The van der Waals surface area contributed by atoms with Gasteiger partial charge in [-0.25, -0.2) is 0 Å². The summed E-state index contributed by atoms with van der Waals surface area (Å²) in [5.74, 6) is 0. The Morgan fingerprint density at radius 2 is 0.938 bits per heavy atom. The zero-order valence-electron chi connectivity index (χ0n) is 38.7. The van der Waals surface area contributed by atoms with Crippen molar-refractivity contribution in [3.05, 3.63) is 202 Å². The van der Waals surface area contributed by atoms with Crippen LogP contribution >= 0.6 is 0 Å². The zero-order chi connectivity index (χ0) is 43.9. The minimum atomic E-state index is -1.86. The van der Waals surface area contributed by atoms with E-state index in [0.717, 1.165) is 25.7 Å². The van der Waals surface area contributed by atoms with Crippen molar-refractivity contribution in [2.45, 2.75) is 91.1 Å². The minimum Gasteiger partial charge on any atom is -0.317 e. The van der Waals surface area contributed by atoms with Crippen LogP contribution in [0.15, 0.2) is 168 Å². The van der Waals surface area contributed by atoms with Crippen molar-refractivity contribution < 1.29 is 0 Å². The Hall–Kier alpha value is -6.16. The molecule has 3 aliphatic heterocycles. The van der Waals surface area contributed by atoms with Gasteiger partial charge in [0.15, 0.2) is 0 Å². The van der Waals surface area contributed by atoms with E-state index in [9.17, 15) is 0 Å². The van der Waals surface area contributed by atoms with Gasteiger partial charge in [-0.3, -0.25) is 0 Å². The lowest BCUT2D eigenvalue weighted by Crippen LogP contribution is -2.49. The molecule has 0 saturated heterocycles. The van der Waals surface area contributed by atoms with Crippen LogP contribution in [0.1, 0.15) is 101 Å².